The van der Waals surface area contributed by atoms with E-state index in [1.54, 1.807) is 12.1 Å². The monoisotopic (exact) mass is 252 g/mol. The van der Waals surface area contributed by atoms with E-state index >= 15 is 0 Å². The lowest BCUT2D eigenvalue weighted by Crippen LogP contribution is -2.03. The van der Waals surface area contributed by atoms with Crippen molar-refractivity contribution >= 4 is 11.5 Å². The Morgan fingerprint density at radius 1 is 1.47 bits per heavy atom. The number of halogens is 1. The molecule has 1 aromatic heterocycles. The third kappa shape index (κ3) is 2.87. The second-order valence-corrected chi connectivity index (χ2v) is 4.57. The number of benzene rings is 1. The van der Waals surface area contributed by atoms with Crippen molar-refractivity contribution in [2.45, 2.75) is 25.9 Å². The van der Waals surface area contributed by atoms with E-state index in [1.165, 1.54) is 23.7 Å². The van der Waals surface area contributed by atoms with E-state index in [0.29, 0.717) is 6.42 Å². The van der Waals surface area contributed by atoms with Gasteiger partial charge in [0.1, 0.15) is 5.82 Å². The summed E-state index contributed by atoms with van der Waals surface area (Å²) in [5, 5.41) is 14.0. The fourth-order valence-corrected chi connectivity index (χ4v) is 2.42. The number of aliphatic hydroxyl groups excluding tert-OH is 1. The first kappa shape index (κ1) is 12.1. The molecule has 90 valence electrons. The van der Waals surface area contributed by atoms with Crippen molar-refractivity contribution in [2.75, 3.05) is 0 Å². The molecule has 0 aliphatic carbocycles. The van der Waals surface area contributed by atoms with E-state index in [2.05, 4.69) is 9.59 Å². The number of aromatic nitrogens is 2. The molecule has 3 nitrogen and oxygen atoms in total. The van der Waals surface area contributed by atoms with Gasteiger partial charge in [-0.1, -0.05) is 23.5 Å². The standard InChI is InChI=1S/C12H13FN2OS/c1-2-10-12(17-15-14-10)11(16)7-8-4-3-5-9(13)6-8/h3-6,11,16H,2,7H2,1H3. The molecular formula is C12H13FN2OS. The highest BCUT2D eigenvalue weighted by Gasteiger charge is 2.16. The third-order valence-corrected chi connectivity index (χ3v) is 3.41. The van der Waals surface area contributed by atoms with E-state index in [4.69, 9.17) is 0 Å². The Labute approximate surface area is 103 Å². The van der Waals surface area contributed by atoms with Crippen molar-refractivity contribution in [1.29, 1.82) is 0 Å². The van der Waals surface area contributed by atoms with Crippen molar-refractivity contribution in [3.8, 4) is 0 Å². The van der Waals surface area contributed by atoms with Gasteiger partial charge in [0, 0.05) is 6.42 Å². The summed E-state index contributed by atoms with van der Waals surface area (Å²) in [5.74, 6) is -0.284. The molecule has 1 atom stereocenters. The minimum absolute atomic E-state index is 0.284. The second-order valence-electron chi connectivity index (χ2n) is 3.79. The maximum absolute atomic E-state index is 13.0. The van der Waals surface area contributed by atoms with Gasteiger partial charge in [-0.3, -0.25) is 0 Å². The molecule has 0 spiro atoms. The second kappa shape index (κ2) is 5.33. The summed E-state index contributed by atoms with van der Waals surface area (Å²) in [6.07, 6.45) is 0.465. The van der Waals surface area contributed by atoms with Crippen molar-refractivity contribution in [3.05, 3.63) is 46.2 Å². The van der Waals surface area contributed by atoms with Gasteiger partial charge in [0.15, 0.2) is 0 Å². The number of aryl methyl sites for hydroxylation is 1. The average molecular weight is 252 g/mol. The van der Waals surface area contributed by atoms with Gasteiger partial charge in [0.25, 0.3) is 0 Å². The van der Waals surface area contributed by atoms with Crippen LogP contribution in [0.15, 0.2) is 24.3 Å². The van der Waals surface area contributed by atoms with Crippen LogP contribution < -0.4 is 0 Å². The van der Waals surface area contributed by atoms with Gasteiger partial charge in [-0.25, -0.2) is 4.39 Å². The van der Waals surface area contributed by atoms with E-state index < -0.39 is 6.10 Å². The molecule has 0 saturated carbocycles. The van der Waals surface area contributed by atoms with Crippen LogP contribution in [-0.2, 0) is 12.8 Å². The zero-order chi connectivity index (χ0) is 12.3. The van der Waals surface area contributed by atoms with Crippen molar-refractivity contribution in [3.63, 3.8) is 0 Å². The molecule has 0 radical (unpaired) electrons. The largest absolute Gasteiger partial charge is 0.387 e. The third-order valence-electron chi connectivity index (χ3n) is 2.54. The lowest BCUT2D eigenvalue weighted by atomic mass is 10.1. The SMILES string of the molecule is CCc1nnsc1C(O)Cc1cccc(F)c1. The molecule has 0 amide bonds. The number of hydrogen-bond donors (Lipinski definition) is 1. The molecule has 1 aromatic carbocycles. The summed E-state index contributed by atoms with van der Waals surface area (Å²) >= 11 is 1.20. The Hall–Kier alpha value is -1.33. The average Bonchev–Trinajstić information content (AvgIpc) is 2.77. The molecule has 5 heteroatoms. The summed E-state index contributed by atoms with van der Waals surface area (Å²) in [6, 6.07) is 6.26. The molecular weight excluding hydrogens is 239 g/mol. The highest BCUT2D eigenvalue weighted by molar-refractivity contribution is 7.05. The number of rotatable bonds is 4. The number of aliphatic hydroxyl groups is 1. The van der Waals surface area contributed by atoms with Crippen LogP contribution in [-0.4, -0.2) is 14.7 Å². The fourth-order valence-electron chi connectivity index (χ4n) is 1.69. The Balaban J connectivity index is 2.14. The van der Waals surface area contributed by atoms with E-state index in [1.807, 2.05) is 6.92 Å². The van der Waals surface area contributed by atoms with Crippen LogP contribution in [0, 0.1) is 5.82 Å². The Morgan fingerprint density at radius 3 is 3.00 bits per heavy atom. The van der Waals surface area contributed by atoms with Gasteiger partial charge >= 0.3 is 0 Å². The molecule has 0 bridgehead atoms. The first-order chi connectivity index (χ1) is 8.20. The van der Waals surface area contributed by atoms with Crippen molar-refractivity contribution in [2.24, 2.45) is 0 Å². The predicted molar refractivity (Wildman–Crippen MR) is 64.4 cm³/mol. The van der Waals surface area contributed by atoms with Crippen LogP contribution in [0.5, 0.6) is 0 Å². The minimum atomic E-state index is -0.660. The van der Waals surface area contributed by atoms with Crippen molar-refractivity contribution < 1.29 is 9.50 Å². The van der Waals surface area contributed by atoms with Gasteiger partial charge < -0.3 is 5.11 Å². The molecule has 2 aromatic rings. The molecule has 17 heavy (non-hydrogen) atoms. The Morgan fingerprint density at radius 2 is 2.29 bits per heavy atom. The van der Waals surface area contributed by atoms with Crippen LogP contribution in [0.4, 0.5) is 4.39 Å². The lowest BCUT2D eigenvalue weighted by Gasteiger charge is -2.09. The summed E-state index contributed by atoms with van der Waals surface area (Å²) in [5.41, 5.74) is 1.59. The molecule has 0 saturated heterocycles. The van der Waals surface area contributed by atoms with Gasteiger partial charge in [-0.05, 0) is 35.6 Å². The van der Waals surface area contributed by atoms with E-state index in [-0.39, 0.29) is 5.82 Å². The van der Waals surface area contributed by atoms with Crippen LogP contribution in [0.1, 0.15) is 29.2 Å². The first-order valence-electron chi connectivity index (χ1n) is 5.44. The topological polar surface area (TPSA) is 46.0 Å². The van der Waals surface area contributed by atoms with E-state index in [0.717, 1.165) is 22.6 Å². The minimum Gasteiger partial charge on any atom is -0.387 e. The Bertz CT molecular complexity index is 501. The molecule has 2 rings (SSSR count). The fraction of sp³-hybridized carbons (Fsp3) is 0.333. The molecule has 1 unspecified atom stereocenters. The zero-order valence-electron chi connectivity index (χ0n) is 9.43. The number of hydrogen-bond acceptors (Lipinski definition) is 4. The molecule has 1 N–H and O–H groups in total. The highest BCUT2D eigenvalue weighted by Crippen LogP contribution is 2.24. The molecule has 0 aliphatic rings. The van der Waals surface area contributed by atoms with Crippen LogP contribution in [0.25, 0.3) is 0 Å². The smallest absolute Gasteiger partial charge is 0.123 e. The summed E-state index contributed by atoms with van der Waals surface area (Å²) in [4.78, 5) is 0.775. The summed E-state index contributed by atoms with van der Waals surface area (Å²) < 4.78 is 16.8. The predicted octanol–water partition coefficient (Wildman–Crippen LogP) is 2.52. The van der Waals surface area contributed by atoms with E-state index in [9.17, 15) is 9.50 Å². The lowest BCUT2D eigenvalue weighted by molar-refractivity contribution is 0.181. The van der Waals surface area contributed by atoms with Crippen LogP contribution in [0.2, 0.25) is 0 Å². The van der Waals surface area contributed by atoms with Gasteiger partial charge in [-0.15, -0.1) is 5.10 Å². The summed E-state index contributed by atoms with van der Waals surface area (Å²) in [7, 11) is 0. The normalized spacial score (nSPS) is 12.6. The van der Waals surface area contributed by atoms with Gasteiger partial charge in [0.05, 0.1) is 16.7 Å². The Kier molecular flexibility index (Phi) is 3.81. The van der Waals surface area contributed by atoms with Crippen LogP contribution in [0.3, 0.4) is 0 Å². The van der Waals surface area contributed by atoms with Crippen LogP contribution >= 0.6 is 11.5 Å². The summed E-state index contributed by atoms with van der Waals surface area (Å²) in [6.45, 7) is 1.97. The molecule has 0 aliphatic heterocycles. The first-order valence-corrected chi connectivity index (χ1v) is 6.21. The maximum atomic E-state index is 13.0. The van der Waals surface area contributed by atoms with Gasteiger partial charge in [0.2, 0.25) is 0 Å². The highest BCUT2D eigenvalue weighted by atomic mass is 32.1. The van der Waals surface area contributed by atoms with Crippen molar-refractivity contribution in [1.82, 2.24) is 9.59 Å². The van der Waals surface area contributed by atoms with Gasteiger partial charge in [-0.2, -0.15) is 0 Å². The zero-order valence-corrected chi connectivity index (χ0v) is 10.2. The molecule has 1 heterocycles. The maximum Gasteiger partial charge on any atom is 0.123 e. The molecule has 0 fully saturated rings. The quantitative estimate of drug-likeness (QED) is 0.909. The number of nitrogens with zero attached hydrogens (tertiary/aromatic N) is 2.